The van der Waals surface area contributed by atoms with Crippen LogP contribution in [-0.2, 0) is 11.2 Å². The summed E-state index contributed by atoms with van der Waals surface area (Å²) in [6, 6.07) is 2.00. The smallest absolute Gasteiger partial charge is 0.0939 e. The molecule has 0 amide bonds. The van der Waals surface area contributed by atoms with Crippen molar-refractivity contribution >= 4 is 15.9 Å². The highest BCUT2D eigenvalue weighted by molar-refractivity contribution is 9.10. The van der Waals surface area contributed by atoms with Crippen molar-refractivity contribution in [2.45, 2.75) is 50.2 Å². The minimum Gasteiger partial charge on any atom is -0.390 e. The van der Waals surface area contributed by atoms with Crippen LogP contribution in [0.4, 0.5) is 0 Å². The maximum absolute atomic E-state index is 10.5. The summed E-state index contributed by atoms with van der Waals surface area (Å²) < 4.78 is 6.61. The third kappa shape index (κ3) is 3.11. The topological polar surface area (TPSA) is 42.4 Å². The molecule has 100 valence electrons. The number of rotatable bonds is 4. The SMILES string of the molecule is COC1(C(O)Cc2cncc(Br)c2)CCCCC1. The number of aliphatic hydroxyl groups excluding tert-OH is 1. The van der Waals surface area contributed by atoms with Gasteiger partial charge in [-0.15, -0.1) is 0 Å². The lowest BCUT2D eigenvalue weighted by Crippen LogP contribution is -2.46. The Hall–Kier alpha value is -0.450. The van der Waals surface area contributed by atoms with Crippen molar-refractivity contribution in [3.05, 3.63) is 28.5 Å². The summed E-state index contributed by atoms with van der Waals surface area (Å²) in [6.07, 6.45) is 9.12. The zero-order chi connectivity index (χ0) is 13.0. The average Bonchev–Trinajstić information content (AvgIpc) is 2.39. The highest BCUT2D eigenvalue weighted by Gasteiger charge is 2.39. The van der Waals surface area contributed by atoms with E-state index in [0.717, 1.165) is 35.7 Å². The molecule has 18 heavy (non-hydrogen) atoms. The Morgan fingerprint density at radius 1 is 1.39 bits per heavy atom. The number of halogens is 1. The lowest BCUT2D eigenvalue weighted by molar-refractivity contribution is -0.122. The summed E-state index contributed by atoms with van der Waals surface area (Å²) >= 11 is 3.40. The summed E-state index contributed by atoms with van der Waals surface area (Å²) in [6.45, 7) is 0. The maximum atomic E-state index is 10.5. The van der Waals surface area contributed by atoms with E-state index in [0.29, 0.717) is 6.42 Å². The molecular formula is C14H20BrNO2. The largest absolute Gasteiger partial charge is 0.390 e. The molecule has 0 aromatic carbocycles. The van der Waals surface area contributed by atoms with E-state index in [4.69, 9.17) is 4.74 Å². The molecule has 1 atom stereocenters. The van der Waals surface area contributed by atoms with Gasteiger partial charge in [0.05, 0.1) is 11.7 Å². The molecule has 0 saturated heterocycles. The molecule has 0 aliphatic heterocycles. The van der Waals surface area contributed by atoms with E-state index >= 15 is 0 Å². The lowest BCUT2D eigenvalue weighted by atomic mass is 9.78. The normalized spacial score (nSPS) is 20.6. The van der Waals surface area contributed by atoms with Crippen molar-refractivity contribution in [3.8, 4) is 0 Å². The predicted molar refractivity (Wildman–Crippen MR) is 74.5 cm³/mol. The first-order valence-corrected chi connectivity index (χ1v) is 7.28. The Balaban J connectivity index is 2.07. The van der Waals surface area contributed by atoms with Gasteiger partial charge in [0.2, 0.25) is 0 Å². The van der Waals surface area contributed by atoms with Crippen LogP contribution in [0.25, 0.3) is 0 Å². The molecular weight excluding hydrogens is 294 g/mol. The van der Waals surface area contributed by atoms with Gasteiger partial charge in [-0.2, -0.15) is 0 Å². The number of ether oxygens (including phenoxy) is 1. The Morgan fingerprint density at radius 3 is 2.72 bits per heavy atom. The lowest BCUT2D eigenvalue weighted by Gasteiger charge is -2.40. The molecule has 0 bridgehead atoms. The van der Waals surface area contributed by atoms with Gasteiger partial charge >= 0.3 is 0 Å². The first kappa shape index (κ1) is 14.0. The molecule has 1 saturated carbocycles. The minimum atomic E-state index is -0.459. The van der Waals surface area contributed by atoms with Crippen LogP contribution in [0.5, 0.6) is 0 Å². The standard InChI is InChI=1S/C14H20BrNO2/c1-18-14(5-3-2-4-6-14)13(17)8-11-7-12(15)10-16-9-11/h7,9-10,13,17H,2-6,8H2,1H3. The molecule has 0 spiro atoms. The second kappa shape index (κ2) is 6.13. The van der Waals surface area contributed by atoms with Gasteiger partial charge in [0.25, 0.3) is 0 Å². The first-order chi connectivity index (χ1) is 8.66. The van der Waals surface area contributed by atoms with E-state index in [1.54, 1.807) is 19.5 Å². The number of nitrogens with zero attached hydrogens (tertiary/aromatic N) is 1. The van der Waals surface area contributed by atoms with Crippen LogP contribution in [-0.4, -0.2) is 28.9 Å². The van der Waals surface area contributed by atoms with Crippen molar-refractivity contribution < 1.29 is 9.84 Å². The number of aliphatic hydroxyl groups is 1. The molecule has 1 aromatic rings. The third-order valence-corrected chi connectivity index (χ3v) is 4.34. The monoisotopic (exact) mass is 313 g/mol. The van der Waals surface area contributed by atoms with E-state index in [1.165, 1.54) is 6.42 Å². The van der Waals surface area contributed by atoms with E-state index in [2.05, 4.69) is 20.9 Å². The van der Waals surface area contributed by atoms with Crippen LogP contribution in [0.2, 0.25) is 0 Å². The molecule has 1 unspecified atom stereocenters. The Morgan fingerprint density at radius 2 is 2.11 bits per heavy atom. The number of hydrogen-bond acceptors (Lipinski definition) is 3. The number of methoxy groups -OCH3 is 1. The molecule has 1 aromatic heterocycles. The molecule has 1 heterocycles. The van der Waals surface area contributed by atoms with Crippen LogP contribution < -0.4 is 0 Å². The highest BCUT2D eigenvalue weighted by Crippen LogP contribution is 2.35. The fourth-order valence-corrected chi connectivity index (χ4v) is 3.21. The molecule has 1 fully saturated rings. The van der Waals surface area contributed by atoms with Crippen LogP contribution in [0.15, 0.2) is 22.9 Å². The van der Waals surface area contributed by atoms with Crippen LogP contribution in [0.3, 0.4) is 0 Å². The summed E-state index contributed by atoms with van der Waals surface area (Å²) in [5.74, 6) is 0. The van der Waals surface area contributed by atoms with Gasteiger partial charge < -0.3 is 9.84 Å². The maximum Gasteiger partial charge on any atom is 0.0939 e. The molecule has 1 N–H and O–H groups in total. The Kier molecular flexibility index (Phi) is 4.76. The zero-order valence-corrected chi connectivity index (χ0v) is 12.3. The number of aromatic nitrogens is 1. The predicted octanol–water partition coefficient (Wildman–Crippen LogP) is 3.10. The summed E-state index contributed by atoms with van der Waals surface area (Å²) in [4.78, 5) is 4.13. The van der Waals surface area contributed by atoms with E-state index in [9.17, 15) is 5.11 Å². The van der Waals surface area contributed by atoms with Crippen LogP contribution in [0.1, 0.15) is 37.7 Å². The second-order valence-electron chi connectivity index (χ2n) is 5.06. The summed E-state index contributed by atoms with van der Waals surface area (Å²) in [5, 5.41) is 10.5. The van der Waals surface area contributed by atoms with Crippen molar-refractivity contribution in [2.24, 2.45) is 0 Å². The van der Waals surface area contributed by atoms with Gasteiger partial charge in [-0.1, -0.05) is 19.3 Å². The van der Waals surface area contributed by atoms with Gasteiger partial charge in [-0.05, 0) is 40.4 Å². The van der Waals surface area contributed by atoms with Crippen molar-refractivity contribution in [1.82, 2.24) is 4.98 Å². The van der Waals surface area contributed by atoms with Gasteiger partial charge in [0.1, 0.15) is 0 Å². The first-order valence-electron chi connectivity index (χ1n) is 6.49. The molecule has 0 radical (unpaired) electrons. The Labute approximate surface area is 117 Å². The minimum absolute atomic E-state index is 0.361. The Bertz CT molecular complexity index is 391. The summed E-state index contributed by atoms with van der Waals surface area (Å²) in [5.41, 5.74) is 0.680. The van der Waals surface area contributed by atoms with Gasteiger partial charge in [-0.25, -0.2) is 0 Å². The van der Waals surface area contributed by atoms with Gasteiger partial charge in [0, 0.05) is 30.4 Å². The van der Waals surface area contributed by atoms with Gasteiger partial charge in [-0.3, -0.25) is 4.98 Å². The van der Waals surface area contributed by atoms with E-state index < -0.39 is 6.10 Å². The summed E-state index contributed by atoms with van der Waals surface area (Å²) in [7, 11) is 1.72. The zero-order valence-electron chi connectivity index (χ0n) is 10.7. The molecule has 3 nitrogen and oxygen atoms in total. The molecule has 4 heteroatoms. The quantitative estimate of drug-likeness (QED) is 0.928. The fourth-order valence-electron chi connectivity index (χ4n) is 2.80. The van der Waals surface area contributed by atoms with E-state index in [-0.39, 0.29) is 5.60 Å². The fraction of sp³-hybridized carbons (Fsp3) is 0.643. The second-order valence-corrected chi connectivity index (χ2v) is 5.98. The number of hydrogen-bond donors (Lipinski definition) is 1. The van der Waals surface area contributed by atoms with Crippen LogP contribution >= 0.6 is 15.9 Å². The average molecular weight is 314 g/mol. The third-order valence-electron chi connectivity index (χ3n) is 3.90. The van der Waals surface area contributed by atoms with Crippen molar-refractivity contribution in [1.29, 1.82) is 0 Å². The van der Waals surface area contributed by atoms with Crippen molar-refractivity contribution in [3.63, 3.8) is 0 Å². The molecule has 1 aliphatic rings. The molecule has 1 aliphatic carbocycles. The highest BCUT2D eigenvalue weighted by atomic mass is 79.9. The van der Waals surface area contributed by atoms with Crippen molar-refractivity contribution in [2.75, 3.05) is 7.11 Å². The van der Waals surface area contributed by atoms with Crippen LogP contribution in [0, 0.1) is 0 Å². The van der Waals surface area contributed by atoms with E-state index in [1.807, 2.05) is 6.07 Å². The number of pyridine rings is 1. The van der Waals surface area contributed by atoms with Gasteiger partial charge in [0.15, 0.2) is 0 Å². The molecule has 2 rings (SSSR count).